The molecule has 18 aromatic rings. The monoisotopic (exact) mass is 1940 g/mol. The van der Waals surface area contributed by atoms with Gasteiger partial charge in [0.1, 0.15) is 16.7 Å². The van der Waals surface area contributed by atoms with E-state index in [2.05, 4.69) is 213 Å². The second-order valence-electron chi connectivity index (χ2n) is 26.4. The standard InChI is InChI=1S/C23H22NO.C20H16NO.C19H14NO.C12H10N.2C11H8N.3Ir/c1-14(2)16-10-11-24-21(13-16)17-8-9-22-20(12-17)19-7-5-6-18(15(3)4)23(19)25-22;1-13(2)15-6-5-7-16-17-12-14(18-8-3-4-11-21-18)9-10-19(17)22-20(15)16;1-12-8-9-20-17(10-12)14-6-7-18-16(11-14)15-5-3-4-13(2)19(15)21-18;1-10-6-5-9-12(13-10)11-7-3-2-4-8-11;2*1-2-6-10(7-3-1)11-8-4-5-9-12-11;;;/h5-7,9-15H,1-4H3;3-8,10-13H,1-2H3;3-5,7-11H,1-2H3;2-7,9H,1H3;2*1-6,8-9H;;;/q6*-1;;;. The quantitative estimate of drug-likeness (QED) is 0.130. The molecule has 9 nitrogen and oxygen atoms in total. The van der Waals surface area contributed by atoms with Crippen molar-refractivity contribution in [2.24, 2.45) is 0 Å². The Balaban J connectivity index is 0.000000141. The molecule has 0 spiro atoms. The average molecular weight is 1940 g/mol. The fraction of sp³-hybridized carbons (Fsp3) is 0.125. The number of rotatable bonds is 9. The van der Waals surface area contributed by atoms with Crippen LogP contribution in [0.25, 0.3) is 133 Å². The molecular formula is C96H78Ir3N6O3-6. The molecule has 9 aromatic heterocycles. The van der Waals surface area contributed by atoms with Crippen LogP contribution in [0.2, 0.25) is 0 Å². The van der Waals surface area contributed by atoms with E-state index in [0.717, 1.165) is 145 Å². The van der Waals surface area contributed by atoms with Crippen LogP contribution in [0.4, 0.5) is 0 Å². The Labute approximate surface area is 673 Å². The Bertz CT molecular complexity index is 5730. The first kappa shape index (κ1) is 79.8. The summed E-state index contributed by atoms with van der Waals surface area (Å²) in [6, 6.07) is 106. The summed E-state index contributed by atoms with van der Waals surface area (Å²) in [6.07, 6.45) is 9.09. The fourth-order valence-electron chi connectivity index (χ4n) is 12.3. The number of nitrogens with zero attached hydrogens (tertiary/aromatic N) is 6. The summed E-state index contributed by atoms with van der Waals surface area (Å²) in [4.78, 5) is 26.2. The zero-order valence-corrected chi connectivity index (χ0v) is 68.5. The minimum absolute atomic E-state index is 0. The van der Waals surface area contributed by atoms with Gasteiger partial charge in [0.2, 0.25) is 0 Å². The molecule has 0 aliphatic heterocycles. The second-order valence-corrected chi connectivity index (χ2v) is 26.4. The SMILES string of the molecule is CC(C)c1cccc2c1oc1c[c-]c(-c3ccccn3)cc12.CC(C)c1ccnc(-c2[c-]cc3oc4c(C(C)C)cccc4c3c2)c1.Cc1cccc(-c2[c-]cccc2)n1.Cc1ccnc(-c2[c-]cc3oc4c(C)cccc4c3c2)c1.[Ir].[Ir].[Ir].[c-]1ccccc1-c1ccccn1.[c-]1ccccc1-c1ccccn1. The normalized spacial score (nSPS) is 10.7. The van der Waals surface area contributed by atoms with Crippen LogP contribution >= 0.6 is 0 Å². The van der Waals surface area contributed by atoms with Crippen molar-refractivity contribution in [3.05, 3.63) is 362 Å². The van der Waals surface area contributed by atoms with Gasteiger partial charge in [0.05, 0.1) is 16.7 Å². The van der Waals surface area contributed by atoms with Gasteiger partial charge in [-0.15, -0.1) is 179 Å². The van der Waals surface area contributed by atoms with Crippen molar-refractivity contribution in [3.8, 4) is 67.5 Å². The molecule has 0 bridgehead atoms. The summed E-state index contributed by atoms with van der Waals surface area (Å²) >= 11 is 0. The molecule has 0 aliphatic carbocycles. The third-order valence-corrected chi connectivity index (χ3v) is 17.8. The molecular weight excluding hydrogens is 1860 g/mol. The van der Waals surface area contributed by atoms with Gasteiger partial charge in [-0.1, -0.05) is 184 Å². The van der Waals surface area contributed by atoms with Gasteiger partial charge < -0.3 is 43.2 Å². The van der Waals surface area contributed by atoms with Crippen LogP contribution in [-0.2, 0) is 60.3 Å². The molecule has 9 aromatic carbocycles. The zero-order chi connectivity index (χ0) is 72.6. The maximum absolute atomic E-state index is 6.15. The molecule has 0 saturated heterocycles. The molecule has 0 fully saturated rings. The van der Waals surface area contributed by atoms with Crippen molar-refractivity contribution in [2.45, 2.75) is 80.1 Å². The van der Waals surface area contributed by atoms with Gasteiger partial charge in [-0.25, -0.2) is 0 Å². The minimum Gasteiger partial charge on any atom is -0.500 e. The summed E-state index contributed by atoms with van der Waals surface area (Å²) in [5.41, 5.74) is 24.6. The van der Waals surface area contributed by atoms with Crippen LogP contribution in [0.3, 0.4) is 0 Å². The molecule has 108 heavy (non-hydrogen) atoms. The summed E-state index contributed by atoms with van der Waals surface area (Å²) in [5.74, 6) is 1.34. The van der Waals surface area contributed by atoms with Gasteiger partial charge in [-0.2, -0.15) is 0 Å². The minimum atomic E-state index is 0. The van der Waals surface area contributed by atoms with E-state index in [4.69, 9.17) is 13.3 Å². The van der Waals surface area contributed by atoms with Gasteiger partial charge in [-0.3, -0.25) is 0 Å². The molecule has 0 N–H and O–H groups in total. The number of aromatic nitrogens is 6. The first-order valence-electron chi connectivity index (χ1n) is 35.3. The topological polar surface area (TPSA) is 117 Å². The van der Waals surface area contributed by atoms with Gasteiger partial charge in [0.15, 0.2) is 0 Å². The second kappa shape index (κ2) is 38.2. The summed E-state index contributed by atoms with van der Waals surface area (Å²) in [7, 11) is 0. The van der Waals surface area contributed by atoms with Crippen molar-refractivity contribution >= 4 is 65.8 Å². The molecule has 18 rings (SSSR count). The first-order chi connectivity index (χ1) is 51.3. The molecule has 0 saturated carbocycles. The van der Waals surface area contributed by atoms with Gasteiger partial charge in [0, 0.05) is 113 Å². The molecule has 543 valence electrons. The van der Waals surface area contributed by atoms with E-state index in [1.54, 1.807) is 18.6 Å². The molecule has 0 unspecified atom stereocenters. The Kier molecular flexibility index (Phi) is 28.2. The first-order valence-corrected chi connectivity index (χ1v) is 35.3. The van der Waals surface area contributed by atoms with E-state index in [1.807, 2.05) is 189 Å². The van der Waals surface area contributed by atoms with Crippen LogP contribution in [-0.4, -0.2) is 29.9 Å². The van der Waals surface area contributed by atoms with Gasteiger partial charge in [0.25, 0.3) is 0 Å². The van der Waals surface area contributed by atoms with Gasteiger partial charge >= 0.3 is 0 Å². The average Bonchev–Trinajstić information content (AvgIpc) is 1.63. The van der Waals surface area contributed by atoms with E-state index < -0.39 is 0 Å². The Hall–Kier alpha value is -10.8. The largest absolute Gasteiger partial charge is 0.500 e. The van der Waals surface area contributed by atoms with Crippen LogP contribution in [0, 0.1) is 57.2 Å². The maximum Gasteiger partial charge on any atom is 0.124 e. The van der Waals surface area contributed by atoms with Crippen molar-refractivity contribution in [3.63, 3.8) is 0 Å². The summed E-state index contributed by atoms with van der Waals surface area (Å²) < 4.78 is 18.2. The number of fused-ring (bicyclic) bond motifs is 9. The predicted molar refractivity (Wildman–Crippen MR) is 429 cm³/mol. The Morgan fingerprint density at radius 1 is 0.287 bits per heavy atom. The number of aryl methyl sites for hydroxylation is 3. The molecule has 0 amide bonds. The smallest absolute Gasteiger partial charge is 0.124 e. The zero-order valence-electron chi connectivity index (χ0n) is 61.4. The van der Waals surface area contributed by atoms with Crippen LogP contribution in [0.15, 0.2) is 305 Å². The number of furan rings is 3. The third kappa shape index (κ3) is 19.5. The van der Waals surface area contributed by atoms with Crippen molar-refractivity contribution in [1.29, 1.82) is 0 Å². The van der Waals surface area contributed by atoms with Gasteiger partial charge in [-0.05, 0) is 126 Å². The number of para-hydroxylation sites is 3. The number of hydrogen-bond donors (Lipinski definition) is 0. The maximum atomic E-state index is 6.15. The van der Waals surface area contributed by atoms with E-state index in [9.17, 15) is 0 Å². The van der Waals surface area contributed by atoms with Crippen molar-refractivity contribution < 1.29 is 73.6 Å². The molecule has 3 radical (unpaired) electrons. The van der Waals surface area contributed by atoms with Crippen LogP contribution in [0.1, 0.15) is 92.8 Å². The van der Waals surface area contributed by atoms with E-state index in [-0.39, 0.29) is 60.3 Å². The van der Waals surface area contributed by atoms with E-state index >= 15 is 0 Å². The number of pyridine rings is 6. The number of benzene rings is 9. The third-order valence-electron chi connectivity index (χ3n) is 17.8. The Morgan fingerprint density at radius 2 is 0.667 bits per heavy atom. The van der Waals surface area contributed by atoms with Crippen molar-refractivity contribution in [2.75, 3.05) is 0 Å². The van der Waals surface area contributed by atoms with Crippen molar-refractivity contribution in [1.82, 2.24) is 29.9 Å². The van der Waals surface area contributed by atoms with Crippen LogP contribution < -0.4 is 0 Å². The Morgan fingerprint density at radius 3 is 1.08 bits per heavy atom. The molecule has 12 heteroatoms. The predicted octanol–water partition coefficient (Wildman–Crippen LogP) is 25.3. The molecule has 0 aliphatic rings. The molecule has 9 heterocycles. The summed E-state index contributed by atoms with van der Waals surface area (Å²) in [5, 5.41) is 6.84. The number of hydrogen-bond acceptors (Lipinski definition) is 9. The summed E-state index contributed by atoms with van der Waals surface area (Å²) in [6.45, 7) is 19.3. The van der Waals surface area contributed by atoms with E-state index in [0.29, 0.717) is 17.8 Å². The van der Waals surface area contributed by atoms with E-state index in [1.165, 1.54) is 22.3 Å². The van der Waals surface area contributed by atoms with Crippen LogP contribution in [0.5, 0.6) is 0 Å². The molecule has 0 atom stereocenters. The fourth-order valence-corrected chi connectivity index (χ4v) is 12.3.